The highest BCUT2D eigenvalue weighted by Crippen LogP contribution is 2.27. The SMILES string of the molecule is COCCn1cc(C(C)Cc2cc(Cn3cc(C)cn3)ccc2OC)cn1. The van der Waals surface area contributed by atoms with Crippen molar-refractivity contribution in [3.63, 3.8) is 0 Å². The van der Waals surface area contributed by atoms with E-state index in [9.17, 15) is 0 Å². The molecule has 0 aliphatic rings. The summed E-state index contributed by atoms with van der Waals surface area (Å²) in [6.45, 7) is 6.47. The van der Waals surface area contributed by atoms with E-state index < -0.39 is 0 Å². The smallest absolute Gasteiger partial charge is 0.122 e. The van der Waals surface area contributed by atoms with Crippen LogP contribution < -0.4 is 4.74 Å². The third kappa shape index (κ3) is 4.98. The van der Waals surface area contributed by atoms with E-state index in [1.807, 2.05) is 21.8 Å². The molecule has 0 aliphatic carbocycles. The molecule has 6 nitrogen and oxygen atoms in total. The molecule has 27 heavy (non-hydrogen) atoms. The van der Waals surface area contributed by atoms with Crippen LogP contribution in [0.25, 0.3) is 0 Å². The normalized spacial score (nSPS) is 12.3. The van der Waals surface area contributed by atoms with E-state index in [1.54, 1.807) is 14.2 Å². The van der Waals surface area contributed by atoms with Crippen molar-refractivity contribution >= 4 is 0 Å². The number of aromatic nitrogens is 4. The summed E-state index contributed by atoms with van der Waals surface area (Å²) in [5.41, 5.74) is 4.82. The molecule has 0 spiro atoms. The molecule has 0 N–H and O–H groups in total. The van der Waals surface area contributed by atoms with E-state index >= 15 is 0 Å². The molecule has 0 fully saturated rings. The molecule has 0 saturated carbocycles. The van der Waals surface area contributed by atoms with Crippen LogP contribution in [0.3, 0.4) is 0 Å². The lowest BCUT2D eigenvalue weighted by Crippen LogP contribution is -2.05. The van der Waals surface area contributed by atoms with Crippen molar-refractivity contribution in [2.45, 2.75) is 39.3 Å². The number of methoxy groups -OCH3 is 2. The zero-order valence-electron chi connectivity index (χ0n) is 16.6. The molecule has 0 radical (unpaired) electrons. The Morgan fingerprint density at radius 2 is 1.89 bits per heavy atom. The lowest BCUT2D eigenvalue weighted by atomic mass is 9.94. The lowest BCUT2D eigenvalue weighted by Gasteiger charge is -2.15. The van der Waals surface area contributed by atoms with Crippen molar-refractivity contribution in [3.05, 3.63) is 65.2 Å². The molecule has 0 saturated heterocycles. The number of aryl methyl sites for hydroxylation is 1. The van der Waals surface area contributed by atoms with Gasteiger partial charge in [-0.25, -0.2) is 0 Å². The molecule has 0 aliphatic heterocycles. The van der Waals surface area contributed by atoms with Crippen LogP contribution in [0.5, 0.6) is 5.75 Å². The first kappa shape index (κ1) is 19.2. The van der Waals surface area contributed by atoms with E-state index in [2.05, 4.69) is 54.6 Å². The minimum Gasteiger partial charge on any atom is -0.496 e. The van der Waals surface area contributed by atoms with Crippen LogP contribution >= 0.6 is 0 Å². The lowest BCUT2D eigenvalue weighted by molar-refractivity contribution is 0.183. The second-order valence-corrected chi connectivity index (χ2v) is 7.00. The molecule has 3 rings (SSSR count). The van der Waals surface area contributed by atoms with E-state index in [-0.39, 0.29) is 0 Å². The first-order valence-electron chi connectivity index (χ1n) is 9.25. The number of ether oxygens (including phenoxy) is 2. The molecule has 1 unspecified atom stereocenters. The predicted molar refractivity (Wildman–Crippen MR) is 105 cm³/mol. The maximum absolute atomic E-state index is 5.59. The summed E-state index contributed by atoms with van der Waals surface area (Å²) in [6, 6.07) is 6.38. The summed E-state index contributed by atoms with van der Waals surface area (Å²) in [4.78, 5) is 0. The minimum absolute atomic E-state index is 0.345. The standard InChI is InChI=1S/C21H28N4O2/c1-16-11-22-25(13-16)14-18-5-6-21(27-4)19(10-18)9-17(2)20-12-23-24(15-20)7-8-26-3/h5-6,10-13,15,17H,7-9,14H2,1-4H3. The van der Waals surface area contributed by atoms with Gasteiger partial charge in [0.25, 0.3) is 0 Å². The van der Waals surface area contributed by atoms with Crippen LogP contribution in [0.4, 0.5) is 0 Å². The Hall–Kier alpha value is -2.60. The highest BCUT2D eigenvalue weighted by Gasteiger charge is 2.13. The fraction of sp³-hybridized carbons (Fsp3) is 0.429. The van der Waals surface area contributed by atoms with Crippen molar-refractivity contribution < 1.29 is 9.47 Å². The molecule has 0 amide bonds. The van der Waals surface area contributed by atoms with Gasteiger partial charge in [-0.15, -0.1) is 0 Å². The van der Waals surface area contributed by atoms with Gasteiger partial charge in [-0.1, -0.05) is 19.1 Å². The van der Waals surface area contributed by atoms with Gasteiger partial charge in [0.2, 0.25) is 0 Å². The molecule has 144 valence electrons. The van der Waals surface area contributed by atoms with Crippen LogP contribution in [0.2, 0.25) is 0 Å². The van der Waals surface area contributed by atoms with Crippen LogP contribution in [-0.4, -0.2) is 40.4 Å². The molecular formula is C21H28N4O2. The Kier molecular flexibility index (Phi) is 6.29. The molecule has 1 aromatic carbocycles. The molecule has 2 heterocycles. The summed E-state index contributed by atoms with van der Waals surface area (Å²) >= 11 is 0. The zero-order valence-corrected chi connectivity index (χ0v) is 16.6. The number of hydrogen-bond donors (Lipinski definition) is 0. The quantitative estimate of drug-likeness (QED) is 0.581. The molecular weight excluding hydrogens is 340 g/mol. The molecule has 1 atom stereocenters. The van der Waals surface area contributed by atoms with E-state index in [0.29, 0.717) is 12.5 Å². The summed E-state index contributed by atoms with van der Waals surface area (Å²) in [5, 5.41) is 8.81. The van der Waals surface area contributed by atoms with Gasteiger partial charge in [-0.2, -0.15) is 10.2 Å². The Labute approximate surface area is 160 Å². The van der Waals surface area contributed by atoms with Gasteiger partial charge in [0.05, 0.1) is 39.2 Å². The van der Waals surface area contributed by atoms with E-state index in [4.69, 9.17) is 9.47 Å². The molecule has 6 heteroatoms. The maximum atomic E-state index is 5.59. The second kappa shape index (κ2) is 8.86. The summed E-state index contributed by atoms with van der Waals surface area (Å²) < 4.78 is 14.6. The van der Waals surface area contributed by atoms with Gasteiger partial charge in [-0.3, -0.25) is 9.36 Å². The highest BCUT2D eigenvalue weighted by molar-refractivity contribution is 5.38. The number of rotatable bonds is 9. The van der Waals surface area contributed by atoms with Crippen molar-refractivity contribution in [3.8, 4) is 5.75 Å². The Morgan fingerprint density at radius 1 is 1.07 bits per heavy atom. The third-order valence-corrected chi connectivity index (χ3v) is 4.72. The zero-order chi connectivity index (χ0) is 19.2. The second-order valence-electron chi connectivity index (χ2n) is 7.00. The van der Waals surface area contributed by atoms with Crippen molar-refractivity contribution in [1.29, 1.82) is 0 Å². The van der Waals surface area contributed by atoms with E-state index in [1.165, 1.54) is 22.3 Å². The van der Waals surface area contributed by atoms with Crippen molar-refractivity contribution in [2.24, 2.45) is 0 Å². The summed E-state index contributed by atoms with van der Waals surface area (Å²) in [5.74, 6) is 1.27. The Bertz CT molecular complexity index is 869. The van der Waals surface area contributed by atoms with Crippen LogP contribution in [0.15, 0.2) is 43.0 Å². The van der Waals surface area contributed by atoms with E-state index in [0.717, 1.165) is 25.3 Å². The Morgan fingerprint density at radius 3 is 2.59 bits per heavy atom. The molecule has 0 bridgehead atoms. The van der Waals surface area contributed by atoms with Crippen molar-refractivity contribution in [2.75, 3.05) is 20.8 Å². The average molecular weight is 368 g/mol. The minimum atomic E-state index is 0.345. The van der Waals surface area contributed by atoms with Crippen LogP contribution in [0.1, 0.15) is 35.1 Å². The first-order chi connectivity index (χ1) is 13.1. The maximum Gasteiger partial charge on any atom is 0.122 e. The van der Waals surface area contributed by atoms with Crippen LogP contribution in [0, 0.1) is 6.92 Å². The van der Waals surface area contributed by atoms with Crippen LogP contribution in [-0.2, 0) is 24.2 Å². The van der Waals surface area contributed by atoms with Gasteiger partial charge >= 0.3 is 0 Å². The predicted octanol–water partition coefficient (Wildman–Crippen LogP) is 3.44. The molecule has 3 aromatic rings. The first-order valence-corrected chi connectivity index (χ1v) is 9.25. The molecule has 2 aromatic heterocycles. The van der Waals surface area contributed by atoms with Gasteiger partial charge in [0.15, 0.2) is 0 Å². The Balaban J connectivity index is 1.73. The number of nitrogens with zero attached hydrogens (tertiary/aromatic N) is 4. The highest BCUT2D eigenvalue weighted by atomic mass is 16.5. The third-order valence-electron chi connectivity index (χ3n) is 4.72. The monoisotopic (exact) mass is 368 g/mol. The largest absolute Gasteiger partial charge is 0.496 e. The summed E-state index contributed by atoms with van der Waals surface area (Å²) in [6.07, 6.45) is 8.88. The topological polar surface area (TPSA) is 54.1 Å². The van der Waals surface area contributed by atoms with Gasteiger partial charge < -0.3 is 9.47 Å². The van der Waals surface area contributed by atoms with Gasteiger partial charge in [-0.05, 0) is 47.6 Å². The fourth-order valence-electron chi connectivity index (χ4n) is 3.22. The van der Waals surface area contributed by atoms with Gasteiger partial charge in [0, 0.05) is 19.5 Å². The van der Waals surface area contributed by atoms with Gasteiger partial charge in [0.1, 0.15) is 5.75 Å². The fourth-order valence-corrected chi connectivity index (χ4v) is 3.22. The number of benzene rings is 1. The summed E-state index contributed by atoms with van der Waals surface area (Å²) in [7, 11) is 3.43. The number of hydrogen-bond acceptors (Lipinski definition) is 4. The average Bonchev–Trinajstić information content (AvgIpc) is 3.29. The van der Waals surface area contributed by atoms with Crippen molar-refractivity contribution in [1.82, 2.24) is 19.6 Å².